The number of hydrogen-bond acceptors (Lipinski definition) is 4. The zero-order chi connectivity index (χ0) is 88.4. The Balaban J connectivity index is 0.591. The molecule has 4 aromatic heterocycles. The number of anilines is 6. The zero-order valence-corrected chi connectivity index (χ0v) is 73.0. The van der Waals surface area contributed by atoms with E-state index < -0.39 is 0 Å². The number of rotatable bonds is 17. The van der Waals surface area contributed by atoms with E-state index in [1.54, 1.807) is 0 Å². The minimum absolute atomic E-state index is 0.839. The van der Waals surface area contributed by atoms with Crippen LogP contribution in [0.3, 0.4) is 0 Å². The lowest BCUT2D eigenvalue weighted by atomic mass is 9.92. The largest absolute Gasteiger partial charge is 0.455 e. The Morgan fingerprint density at radius 2 is 0.627 bits per heavy atom. The van der Waals surface area contributed by atoms with Crippen molar-refractivity contribution in [3.05, 3.63) is 497 Å². The van der Waals surface area contributed by atoms with Gasteiger partial charge in [0.1, 0.15) is 22.3 Å². The Morgan fingerprint density at radius 3 is 1.22 bits per heavy atom. The molecular formula is C128H82N4O2. The maximum absolute atomic E-state index is 7.06. The fraction of sp³-hybridized carbons (Fsp3) is 0. The molecule has 0 unspecified atom stereocenters. The fourth-order valence-electron chi connectivity index (χ4n) is 21.4. The summed E-state index contributed by atoms with van der Waals surface area (Å²) in [5, 5.41) is 21.1. The van der Waals surface area contributed by atoms with Crippen LogP contribution in [0.25, 0.3) is 219 Å². The molecule has 0 fully saturated rings. The number of para-hydroxylation sites is 8. The number of aromatic nitrogens is 2. The molecule has 0 atom stereocenters. The molecule has 6 heteroatoms. The van der Waals surface area contributed by atoms with Crippen molar-refractivity contribution >= 4 is 181 Å². The molecule has 0 saturated heterocycles. The van der Waals surface area contributed by atoms with E-state index in [4.69, 9.17) is 8.83 Å². The normalized spacial score (nSPS) is 12.1. The van der Waals surface area contributed by atoms with Gasteiger partial charge in [-0.1, -0.05) is 358 Å². The minimum Gasteiger partial charge on any atom is -0.455 e. The third kappa shape index (κ3) is 12.7. The topological polar surface area (TPSA) is 42.6 Å². The van der Waals surface area contributed by atoms with E-state index in [1.165, 1.54) is 64.9 Å². The van der Waals surface area contributed by atoms with Gasteiger partial charge in [0, 0.05) is 99.2 Å². The van der Waals surface area contributed by atoms with Crippen LogP contribution in [0.5, 0.6) is 0 Å². The first-order chi connectivity index (χ1) is 66.4. The van der Waals surface area contributed by atoms with Gasteiger partial charge >= 0.3 is 0 Å². The van der Waals surface area contributed by atoms with Gasteiger partial charge in [-0.2, -0.15) is 0 Å². The second-order valence-corrected chi connectivity index (χ2v) is 34.9. The summed E-state index contributed by atoms with van der Waals surface area (Å²) < 4.78 is 18.6. The lowest BCUT2D eigenvalue weighted by Gasteiger charge is -2.28. The van der Waals surface area contributed by atoms with E-state index in [-0.39, 0.29) is 0 Å². The molecule has 26 aromatic rings. The molecule has 134 heavy (non-hydrogen) atoms. The highest BCUT2D eigenvalue weighted by atomic mass is 16.3. The van der Waals surface area contributed by atoms with E-state index in [2.05, 4.69) is 493 Å². The Bertz CT molecular complexity index is 9200. The Kier molecular flexibility index (Phi) is 18.4. The first-order valence-corrected chi connectivity index (χ1v) is 45.9. The first kappa shape index (κ1) is 77.3. The molecule has 0 radical (unpaired) electrons. The van der Waals surface area contributed by atoms with Gasteiger partial charge in [-0.3, -0.25) is 0 Å². The highest BCUT2D eigenvalue weighted by Crippen LogP contribution is 2.51. The van der Waals surface area contributed by atoms with Crippen LogP contribution >= 0.6 is 0 Å². The van der Waals surface area contributed by atoms with Crippen LogP contribution in [0.4, 0.5) is 34.1 Å². The van der Waals surface area contributed by atoms with Gasteiger partial charge in [0.25, 0.3) is 0 Å². The average Bonchev–Trinajstić information content (AvgIpc) is 1.66. The molecule has 22 aromatic carbocycles. The van der Waals surface area contributed by atoms with Crippen LogP contribution in [-0.2, 0) is 0 Å². The highest BCUT2D eigenvalue weighted by Gasteiger charge is 2.27. The summed E-state index contributed by atoms with van der Waals surface area (Å²) in [5.74, 6) is 0. The molecule has 0 spiro atoms. The third-order valence-electron chi connectivity index (χ3n) is 27.5. The van der Waals surface area contributed by atoms with Crippen LogP contribution < -0.4 is 9.80 Å². The van der Waals surface area contributed by atoms with E-state index in [1.807, 2.05) is 18.2 Å². The van der Waals surface area contributed by atoms with Crippen molar-refractivity contribution in [3.63, 3.8) is 0 Å². The van der Waals surface area contributed by atoms with E-state index >= 15 is 0 Å². The van der Waals surface area contributed by atoms with Crippen LogP contribution in [0.15, 0.2) is 501 Å². The quantitative estimate of drug-likeness (QED) is 0.0673. The minimum atomic E-state index is 0.839. The second-order valence-electron chi connectivity index (χ2n) is 34.9. The number of nitrogens with zero attached hydrogens (tertiary/aromatic N) is 4. The lowest BCUT2D eigenvalue weighted by molar-refractivity contribution is 0.669. The van der Waals surface area contributed by atoms with Gasteiger partial charge in [-0.25, -0.2) is 0 Å². The molecule has 0 aliphatic carbocycles. The molecule has 0 aliphatic heterocycles. The molecule has 626 valence electrons. The van der Waals surface area contributed by atoms with Crippen LogP contribution in [-0.4, -0.2) is 9.13 Å². The molecule has 0 saturated carbocycles. The molecule has 0 bridgehead atoms. The summed E-state index contributed by atoms with van der Waals surface area (Å²) >= 11 is 0. The molecule has 6 nitrogen and oxygen atoms in total. The van der Waals surface area contributed by atoms with Crippen molar-refractivity contribution in [2.45, 2.75) is 0 Å². The standard InChI is InChI=1S/C128H82N4O2/c1-2-3-4-49-118(131-120-51-23-16-41-107(120)108-42-17-24-52-121(108)131)104-38-13-6-31-95(104)83-59-67-89(68-60-83)129(93-75-76-103-100-35-9-8-33-98(100)99-34-10-11-36-101(99)116(103)81-93)90-69-65-85(66-70-90)115-78-88(79-117-112-46-21-28-56-126(112)134-128(115)117)86-57-58-87-80-124(106-40-14-12-37-102(106)114(87)77-86)130(92-73-63-84(64-74-92)96-47-29-48-113-111-45-20-27-55-125(111)133-127(96)113)91-71-61-82(62-72-91)94-30-5-7-32-97(94)105-39-15-22-50-119(105)132-122-53-25-18-43-109(122)110-44-19-26-54-123(110)132/h2-81H,1H2/b4-3-,118-49-. The van der Waals surface area contributed by atoms with Gasteiger partial charge in [0.2, 0.25) is 0 Å². The maximum Gasteiger partial charge on any atom is 0.143 e. The Labute approximate surface area is 773 Å². The first-order valence-electron chi connectivity index (χ1n) is 45.9. The zero-order valence-electron chi connectivity index (χ0n) is 73.0. The van der Waals surface area contributed by atoms with Gasteiger partial charge < -0.3 is 27.8 Å². The molecular weight excluding hydrogens is 1630 g/mol. The molecule has 0 aliphatic rings. The SMILES string of the molecule is C=C/C=C\C=C(\c1ccccc1-c1ccc(N(c2ccc(-c3cc(-c4ccc5cc(N(c6ccc(-c7ccccc7-c7ccccc7-n7c8ccccc8c8ccccc87)cc6)c6ccc(-c7cccc8c7oc7ccccc78)cc6)c6ccccc6c5c4)cc4c3oc3ccccc34)cc2)c2ccc3c4ccccc4c4ccccc4c3c2)cc1)n1c2ccccc2c2ccccc21. The number of hydrogen-bond donors (Lipinski definition) is 0. The molecule has 26 rings (SSSR count). The highest BCUT2D eigenvalue weighted by molar-refractivity contribution is 6.26. The predicted molar refractivity (Wildman–Crippen MR) is 567 cm³/mol. The van der Waals surface area contributed by atoms with Crippen LogP contribution in [0.1, 0.15) is 5.56 Å². The maximum atomic E-state index is 7.06. The number of allylic oxidation sites excluding steroid dienone is 4. The summed E-state index contributed by atoms with van der Waals surface area (Å²) in [6.45, 7) is 4.05. The van der Waals surface area contributed by atoms with Gasteiger partial charge in [0.05, 0.1) is 39.1 Å². The van der Waals surface area contributed by atoms with Crippen LogP contribution in [0, 0.1) is 0 Å². The second kappa shape index (κ2) is 31.8. The number of furan rings is 2. The molecule has 0 amide bonds. The third-order valence-corrected chi connectivity index (χ3v) is 27.5. The smallest absolute Gasteiger partial charge is 0.143 e. The van der Waals surface area contributed by atoms with Gasteiger partial charge in [-0.05, 0) is 232 Å². The van der Waals surface area contributed by atoms with Crippen molar-refractivity contribution in [1.82, 2.24) is 9.13 Å². The number of fused-ring (bicyclic) bond motifs is 21. The summed E-state index contributed by atoms with van der Waals surface area (Å²) in [5.41, 5.74) is 30.7. The number of benzene rings is 22. The van der Waals surface area contributed by atoms with E-state index in [0.29, 0.717) is 0 Å². The average molecular weight is 1710 g/mol. The molecule has 4 heterocycles. The summed E-state index contributed by atoms with van der Waals surface area (Å²) in [4.78, 5) is 4.86. The Morgan fingerprint density at radius 1 is 0.231 bits per heavy atom. The fourth-order valence-corrected chi connectivity index (χ4v) is 21.4. The van der Waals surface area contributed by atoms with Crippen molar-refractivity contribution < 1.29 is 8.83 Å². The van der Waals surface area contributed by atoms with Crippen molar-refractivity contribution in [2.24, 2.45) is 0 Å². The Hall–Kier alpha value is -17.8. The summed E-state index contributed by atoms with van der Waals surface area (Å²) in [6.07, 6.45) is 8.15. The van der Waals surface area contributed by atoms with Gasteiger partial charge in [-0.15, -0.1) is 0 Å². The van der Waals surface area contributed by atoms with Crippen molar-refractivity contribution in [3.8, 4) is 72.4 Å². The monoisotopic (exact) mass is 1710 g/mol. The summed E-state index contributed by atoms with van der Waals surface area (Å²) in [6, 6.07) is 169. The van der Waals surface area contributed by atoms with Crippen molar-refractivity contribution in [2.75, 3.05) is 9.80 Å². The van der Waals surface area contributed by atoms with Gasteiger partial charge in [0.15, 0.2) is 0 Å². The van der Waals surface area contributed by atoms with E-state index in [9.17, 15) is 0 Å². The molecule has 0 N–H and O–H groups in total. The van der Waals surface area contributed by atoms with Crippen molar-refractivity contribution in [1.29, 1.82) is 0 Å². The summed E-state index contributed by atoms with van der Waals surface area (Å²) in [7, 11) is 0. The predicted octanol–water partition coefficient (Wildman–Crippen LogP) is 36.0. The lowest BCUT2D eigenvalue weighted by Crippen LogP contribution is -2.10. The van der Waals surface area contributed by atoms with Crippen LogP contribution in [0.2, 0.25) is 0 Å². The van der Waals surface area contributed by atoms with E-state index in [0.717, 1.165) is 194 Å².